The van der Waals surface area contributed by atoms with E-state index in [9.17, 15) is 9.90 Å². The smallest absolute Gasteiger partial charge is 0.228 e. The Morgan fingerprint density at radius 1 is 1.45 bits per heavy atom. The summed E-state index contributed by atoms with van der Waals surface area (Å²) in [6, 6.07) is 0.169. The Hall–Kier alpha value is -0.570. The molecule has 0 radical (unpaired) electrons. The zero-order valence-electron chi connectivity index (χ0n) is 7.16. The van der Waals surface area contributed by atoms with Crippen LogP contribution in [0, 0.1) is 11.8 Å². The van der Waals surface area contributed by atoms with Crippen molar-refractivity contribution in [1.29, 1.82) is 0 Å². The summed E-state index contributed by atoms with van der Waals surface area (Å²) in [4.78, 5) is 10.9. The standard InChI is InChI=1S/C8H15NO2/c1-4(2)7-6(5(3)10)8(11)9-7/h4-7,10H,1-3H3,(H,9,11)/t5-,6-,7-/m1/s1. The second kappa shape index (κ2) is 2.81. The van der Waals surface area contributed by atoms with Gasteiger partial charge in [-0.3, -0.25) is 4.79 Å². The number of nitrogens with one attached hydrogen (secondary N) is 1. The minimum atomic E-state index is -0.517. The van der Waals surface area contributed by atoms with Crippen LogP contribution < -0.4 is 5.32 Å². The summed E-state index contributed by atoms with van der Waals surface area (Å²) < 4.78 is 0. The maximum Gasteiger partial charge on any atom is 0.228 e. The lowest BCUT2D eigenvalue weighted by Gasteiger charge is -2.41. The van der Waals surface area contributed by atoms with Crippen LogP contribution in [-0.2, 0) is 4.79 Å². The highest BCUT2D eigenvalue weighted by atomic mass is 16.3. The summed E-state index contributed by atoms with van der Waals surface area (Å²) in [5.74, 6) is 0.209. The van der Waals surface area contributed by atoms with Crippen LogP contribution in [0.1, 0.15) is 20.8 Å². The maximum atomic E-state index is 10.9. The van der Waals surface area contributed by atoms with Crippen molar-refractivity contribution in [3.8, 4) is 0 Å². The van der Waals surface area contributed by atoms with E-state index < -0.39 is 6.10 Å². The number of aliphatic hydroxyl groups is 1. The van der Waals surface area contributed by atoms with Gasteiger partial charge in [-0.1, -0.05) is 13.8 Å². The van der Waals surface area contributed by atoms with Gasteiger partial charge in [0.25, 0.3) is 0 Å². The molecule has 11 heavy (non-hydrogen) atoms. The van der Waals surface area contributed by atoms with Gasteiger partial charge in [0.1, 0.15) is 0 Å². The summed E-state index contributed by atoms with van der Waals surface area (Å²) >= 11 is 0. The van der Waals surface area contributed by atoms with Gasteiger partial charge >= 0.3 is 0 Å². The number of aliphatic hydroxyl groups excluding tert-OH is 1. The molecular weight excluding hydrogens is 142 g/mol. The maximum absolute atomic E-state index is 10.9. The third-order valence-corrected chi connectivity index (χ3v) is 2.24. The van der Waals surface area contributed by atoms with Crippen LogP contribution in [0.2, 0.25) is 0 Å². The number of β-lactam (4-membered cyclic amide) rings is 1. The summed E-state index contributed by atoms with van der Waals surface area (Å²) in [7, 11) is 0. The first-order valence-electron chi connectivity index (χ1n) is 4.02. The molecule has 0 saturated carbocycles. The molecule has 0 spiro atoms. The quantitative estimate of drug-likeness (QED) is 0.560. The second-order valence-electron chi connectivity index (χ2n) is 3.54. The van der Waals surface area contributed by atoms with Crippen molar-refractivity contribution >= 4 is 5.91 Å². The number of hydrogen-bond donors (Lipinski definition) is 2. The third kappa shape index (κ3) is 1.38. The van der Waals surface area contributed by atoms with Gasteiger partial charge in [0.2, 0.25) is 5.91 Å². The molecule has 3 atom stereocenters. The molecule has 1 rings (SSSR count). The molecule has 3 nitrogen and oxygen atoms in total. The first-order valence-corrected chi connectivity index (χ1v) is 4.02. The van der Waals surface area contributed by atoms with Gasteiger partial charge in [0.15, 0.2) is 0 Å². The van der Waals surface area contributed by atoms with Gasteiger partial charge in [-0.2, -0.15) is 0 Å². The number of hydrogen-bond acceptors (Lipinski definition) is 2. The molecule has 1 aliphatic rings. The molecule has 1 heterocycles. The van der Waals surface area contributed by atoms with E-state index in [1.807, 2.05) is 13.8 Å². The monoisotopic (exact) mass is 157 g/mol. The number of carbonyl (C=O) groups is 1. The Balaban J connectivity index is 2.55. The summed E-state index contributed by atoms with van der Waals surface area (Å²) in [5.41, 5.74) is 0. The fraction of sp³-hybridized carbons (Fsp3) is 0.875. The van der Waals surface area contributed by atoms with Crippen molar-refractivity contribution < 1.29 is 9.90 Å². The van der Waals surface area contributed by atoms with Gasteiger partial charge < -0.3 is 10.4 Å². The lowest BCUT2D eigenvalue weighted by molar-refractivity contribution is -0.142. The van der Waals surface area contributed by atoms with Crippen molar-refractivity contribution in [2.45, 2.75) is 32.9 Å². The summed E-state index contributed by atoms with van der Waals surface area (Å²) in [6.07, 6.45) is -0.517. The molecule has 3 heteroatoms. The average Bonchev–Trinajstić information content (AvgIpc) is 1.80. The Labute approximate surface area is 66.8 Å². The minimum Gasteiger partial charge on any atom is -0.393 e. The number of amides is 1. The van der Waals surface area contributed by atoms with Crippen LogP contribution in [0.3, 0.4) is 0 Å². The van der Waals surface area contributed by atoms with Crippen molar-refractivity contribution in [3.63, 3.8) is 0 Å². The van der Waals surface area contributed by atoms with E-state index in [1.54, 1.807) is 6.92 Å². The molecule has 1 amide bonds. The van der Waals surface area contributed by atoms with E-state index in [-0.39, 0.29) is 17.9 Å². The molecule has 0 aromatic heterocycles. The van der Waals surface area contributed by atoms with E-state index >= 15 is 0 Å². The van der Waals surface area contributed by atoms with Crippen LogP contribution in [0.4, 0.5) is 0 Å². The second-order valence-corrected chi connectivity index (χ2v) is 3.54. The van der Waals surface area contributed by atoms with Gasteiger partial charge in [0.05, 0.1) is 12.0 Å². The normalized spacial score (nSPS) is 33.0. The molecule has 0 aliphatic carbocycles. The van der Waals surface area contributed by atoms with E-state index in [2.05, 4.69) is 5.32 Å². The fourth-order valence-corrected chi connectivity index (χ4v) is 1.52. The third-order valence-electron chi connectivity index (χ3n) is 2.24. The van der Waals surface area contributed by atoms with Crippen LogP contribution in [0.15, 0.2) is 0 Å². The number of carbonyl (C=O) groups excluding carboxylic acids is 1. The van der Waals surface area contributed by atoms with Crippen LogP contribution in [0.5, 0.6) is 0 Å². The fourth-order valence-electron chi connectivity index (χ4n) is 1.52. The van der Waals surface area contributed by atoms with E-state index in [0.29, 0.717) is 5.92 Å². The SMILES string of the molecule is CC(C)[C@H]1NC(=O)[C@@H]1[C@@H](C)O. The van der Waals surface area contributed by atoms with Crippen LogP contribution >= 0.6 is 0 Å². The van der Waals surface area contributed by atoms with E-state index in [4.69, 9.17) is 0 Å². The lowest BCUT2D eigenvalue weighted by Crippen LogP contribution is -2.63. The molecule has 0 unspecified atom stereocenters. The summed E-state index contributed by atoms with van der Waals surface area (Å²) in [6.45, 7) is 5.75. The Kier molecular flexibility index (Phi) is 2.18. The lowest BCUT2D eigenvalue weighted by atomic mass is 9.80. The van der Waals surface area contributed by atoms with Crippen LogP contribution in [-0.4, -0.2) is 23.2 Å². The highest BCUT2D eigenvalue weighted by Gasteiger charge is 2.43. The molecule has 0 aromatic rings. The summed E-state index contributed by atoms with van der Waals surface area (Å²) in [5, 5.41) is 12.0. The zero-order valence-corrected chi connectivity index (χ0v) is 7.16. The first kappa shape index (κ1) is 8.53. The first-order chi connectivity index (χ1) is 5.04. The molecular formula is C8H15NO2. The zero-order chi connectivity index (χ0) is 8.59. The molecule has 1 aliphatic heterocycles. The van der Waals surface area contributed by atoms with E-state index in [0.717, 1.165) is 0 Å². The molecule has 64 valence electrons. The van der Waals surface area contributed by atoms with Crippen molar-refractivity contribution in [3.05, 3.63) is 0 Å². The highest BCUT2D eigenvalue weighted by molar-refractivity contribution is 5.86. The molecule has 1 fully saturated rings. The van der Waals surface area contributed by atoms with Gasteiger partial charge in [-0.05, 0) is 12.8 Å². The van der Waals surface area contributed by atoms with E-state index in [1.165, 1.54) is 0 Å². The van der Waals surface area contributed by atoms with Gasteiger partial charge in [-0.15, -0.1) is 0 Å². The van der Waals surface area contributed by atoms with Crippen molar-refractivity contribution in [1.82, 2.24) is 5.32 Å². The Bertz CT molecular complexity index is 165. The predicted molar refractivity (Wildman–Crippen MR) is 41.9 cm³/mol. The molecule has 0 aromatic carbocycles. The predicted octanol–water partition coefficient (Wildman–Crippen LogP) is 0.138. The Morgan fingerprint density at radius 3 is 2.18 bits per heavy atom. The van der Waals surface area contributed by atoms with Crippen molar-refractivity contribution in [2.75, 3.05) is 0 Å². The minimum absolute atomic E-state index is 0.0151. The van der Waals surface area contributed by atoms with Gasteiger partial charge in [-0.25, -0.2) is 0 Å². The number of rotatable bonds is 2. The highest BCUT2D eigenvalue weighted by Crippen LogP contribution is 2.24. The van der Waals surface area contributed by atoms with Crippen LogP contribution in [0.25, 0.3) is 0 Å². The van der Waals surface area contributed by atoms with Gasteiger partial charge in [0, 0.05) is 6.04 Å². The molecule has 1 saturated heterocycles. The van der Waals surface area contributed by atoms with Crippen molar-refractivity contribution in [2.24, 2.45) is 11.8 Å². The average molecular weight is 157 g/mol. The Morgan fingerprint density at radius 2 is 2.00 bits per heavy atom. The largest absolute Gasteiger partial charge is 0.393 e. The topological polar surface area (TPSA) is 49.3 Å². The molecule has 0 bridgehead atoms. The molecule has 2 N–H and O–H groups in total.